The lowest BCUT2D eigenvalue weighted by molar-refractivity contribution is -0.135. The summed E-state index contributed by atoms with van der Waals surface area (Å²) in [6, 6.07) is 21.4. The predicted molar refractivity (Wildman–Crippen MR) is 139 cm³/mol. The van der Waals surface area contributed by atoms with E-state index in [0.29, 0.717) is 15.3 Å². The molecule has 7 nitrogen and oxygen atoms in total. The van der Waals surface area contributed by atoms with Gasteiger partial charge in [-0.05, 0) is 52.4 Å². The maximum Gasteiger partial charge on any atom is 0.407 e. The Balaban J connectivity index is 0.000000186. The van der Waals surface area contributed by atoms with Crippen molar-refractivity contribution in [3.05, 3.63) is 101 Å². The number of alkyl halides is 2. The van der Waals surface area contributed by atoms with Crippen molar-refractivity contribution in [1.29, 1.82) is 0 Å². The summed E-state index contributed by atoms with van der Waals surface area (Å²) in [5.74, 6) is -1.13. The lowest BCUT2D eigenvalue weighted by atomic mass is 9.98. The van der Waals surface area contributed by atoms with E-state index < -0.39 is 25.2 Å². The van der Waals surface area contributed by atoms with Gasteiger partial charge in [0, 0.05) is 22.7 Å². The fourth-order valence-corrected chi connectivity index (χ4v) is 4.56. The van der Waals surface area contributed by atoms with E-state index in [2.05, 4.69) is 22.5 Å². The molecule has 3 aromatic carbocycles. The van der Waals surface area contributed by atoms with Crippen LogP contribution in [-0.4, -0.2) is 40.1 Å². The molecule has 0 saturated heterocycles. The number of amides is 1. The zero-order chi connectivity index (χ0) is 27.2. The molecule has 1 aromatic heterocycles. The Morgan fingerprint density at radius 3 is 2.24 bits per heavy atom. The number of aryl methyl sites for hydroxylation is 1. The molecule has 1 heterocycles. The van der Waals surface area contributed by atoms with Crippen LogP contribution in [0.3, 0.4) is 0 Å². The number of aliphatic carboxylic acids is 1. The minimum atomic E-state index is -2.61. The monoisotopic (exact) mass is 539 g/mol. The molecule has 2 N–H and O–H groups in total. The molecule has 0 spiro atoms. The molecule has 10 heteroatoms. The summed E-state index contributed by atoms with van der Waals surface area (Å²) >= 11 is 5.82. The van der Waals surface area contributed by atoms with Crippen LogP contribution >= 0.6 is 11.6 Å². The topological polar surface area (TPSA) is 93.5 Å². The standard InChI is InChI=1S/C17H15NO4.C11H9ClF2N2/c19-16(20)9-18-17(21)22-10-15-13-7-3-1-5-11(13)12-6-2-4-8-14(12)15;1-7-4-9(12)2-3-10(7)8-5-15-16(6-8)11(13)14/h1-8,15H,9-10H2,(H,18,21)(H,19,20);2-6,11H,1H3. The average molecular weight is 540 g/mol. The molecule has 1 aliphatic rings. The highest BCUT2D eigenvalue weighted by atomic mass is 35.5. The van der Waals surface area contributed by atoms with Crippen LogP contribution in [-0.2, 0) is 9.53 Å². The fraction of sp³-hybridized carbons (Fsp3) is 0.179. The summed E-state index contributed by atoms with van der Waals surface area (Å²) < 4.78 is 30.5. The highest BCUT2D eigenvalue weighted by molar-refractivity contribution is 6.30. The molecule has 1 amide bonds. The number of carbonyl (C=O) groups excluding carboxylic acids is 1. The Labute approximate surface area is 222 Å². The van der Waals surface area contributed by atoms with E-state index in [1.165, 1.54) is 12.4 Å². The number of hydrogen-bond acceptors (Lipinski definition) is 4. The van der Waals surface area contributed by atoms with Crippen molar-refractivity contribution in [2.24, 2.45) is 0 Å². The molecule has 0 radical (unpaired) electrons. The van der Waals surface area contributed by atoms with Gasteiger partial charge in [0.2, 0.25) is 0 Å². The van der Waals surface area contributed by atoms with Gasteiger partial charge in [0.1, 0.15) is 13.2 Å². The minimum Gasteiger partial charge on any atom is -0.480 e. The molecule has 1 aliphatic carbocycles. The number of nitrogens with one attached hydrogen (secondary N) is 1. The molecule has 4 aromatic rings. The molecular formula is C28H24ClF2N3O4. The van der Waals surface area contributed by atoms with Crippen LogP contribution in [0.25, 0.3) is 22.3 Å². The van der Waals surface area contributed by atoms with Gasteiger partial charge in [0.25, 0.3) is 0 Å². The Morgan fingerprint density at radius 2 is 1.68 bits per heavy atom. The minimum absolute atomic E-state index is 0.0250. The van der Waals surface area contributed by atoms with Crippen molar-refractivity contribution in [2.45, 2.75) is 19.4 Å². The zero-order valence-electron chi connectivity index (χ0n) is 20.3. The van der Waals surface area contributed by atoms with Gasteiger partial charge >= 0.3 is 18.6 Å². The largest absolute Gasteiger partial charge is 0.480 e. The number of alkyl carbamates (subject to hydrolysis) is 1. The van der Waals surface area contributed by atoms with E-state index in [1.807, 2.05) is 43.3 Å². The lowest BCUT2D eigenvalue weighted by Crippen LogP contribution is -2.30. The van der Waals surface area contributed by atoms with Crippen molar-refractivity contribution in [3.8, 4) is 22.3 Å². The third kappa shape index (κ3) is 6.18. The molecule has 0 aliphatic heterocycles. The van der Waals surface area contributed by atoms with E-state index in [4.69, 9.17) is 21.4 Å². The molecule has 0 atom stereocenters. The second kappa shape index (κ2) is 11.9. The normalized spacial score (nSPS) is 11.8. The highest BCUT2D eigenvalue weighted by Crippen LogP contribution is 2.44. The van der Waals surface area contributed by atoms with Crippen LogP contribution < -0.4 is 5.32 Å². The van der Waals surface area contributed by atoms with Crippen molar-refractivity contribution >= 4 is 23.7 Å². The maximum atomic E-state index is 12.3. The number of rotatable bonds is 6. The number of aromatic nitrogens is 2. The quantitative estimate of drug-likeness (QED) is 0.291. The van der Waals surface area contributed by atoms with E-state index in [0.717, 1.165) is 33.4 Å². The summed E-state index contributed by atoms with van der Waals surface area (Å²) in [4.78, 5) is 22.0. The summed E-state index contributed by atoms with van der Waals surface area (Å²) in [6.45, 7) is -1.00. The first-order chi connectivity index (χ1) is 18.2. The third-order valence-electron chi connectivity index (χ3n) is 6.03. The zero-order valence-corrected chi connectivity index (χ0v) is 21.0. The van der Waals surface area contributed by atoms with Gasteiger partial charge in [-0.1, -0.05) is 66.2 Å². The van der Waals surface area contributed by atoms with Crippen molar-refractivity contribution in [3.63, 3.8) is 0 Å². The predicted octanol–water partition coefficient (Wildman–Crippen LogP) is 6.52. The lowest BCUT2D eigenvalue weighted by Gasteiger charge is -2.14. The van der Waals surface area contributed by atoms with E-state index in [9.17, 15) is 18.4 Å². The fourth-order valence-electron chi connectivity index (χ4n) is 4.33. The number of halogens is 3. The van der Waals surface area contributed by atoms with Crippen molar-refractivity contribution in [2.75, 3.05) is 13.2 Å². The molecule has 0 fully saturated rings. The number of fused-ring (bicyclic) bond motifs is 3. The van der Waals surface area contributed by atoms with Crippen molar-refractivity contribution in [1.82, 2.24) is 15.1 Å². The first-order valence-electron chi connectivity index (χ1n) is 11.6. The second-order valence-corrected chi connectivity index (χ2v) is 8.96. The Bertz CT molecular complexity index is 1410. The van der Waals surface area contributed by atoms with Crippen LogP contribution in [0.5, 0.6) is 0 Å². The van der Waals surface area contributed by atoms with Gasteiger partial charge < -0.3 is 15.2 Å². The van der Waals surface area contributed by atoms with Gasteiger partial charge in [-0.15, -0.1) is 0 Å². The molecule has 0 bridgehead atoms. The van der Waals surface area contributed by atoms with Crippen LogP contribution in [0.15, 0.2) is 79.1 Å². The first kappa shape index (κ1) is 26.8. The van der Waals surface area contributed by atoms with Crippen LogP contribution in [0.1, 0.15) is 29.2 Å². The van der Waals surface area contributed by atoms with E-state index >= 15 is 0 Å². The molecular weight excluding hydrogens is 516 g/mol. The molecule has 38 heavy (non-hydrogen) atoms. The highest BCUT2D eigenvalue weighted by Gasteiger charge is 2.29. The summed E-state index contributed by atoms with van der Waals surface area (Å²) in [5, 5.41) is 14.9. The Kier molecular flexibility index (Phi) is 8.38. The van der Waals surface area contributed by atoms with Crippen LogP contribution in [0.2, 0.25) is 5.02 Å². The van der Waals surface area contributed by atoms with Gasteiger partial charge in [0.05, 0.1) is 6.20 Å². The number of carboxylic acid groups (broad SMARTS) is 1. The molecule has 5 rings (SSSR count). The van der Waals surface area contributed by atoms with Gasteiger partial charge in [-0.2, -0.15) is 13.9 Å². The van der Waals surface area contributed by atoms with Gasteiger partial charge in [-0.3, -0.25) is 4.79 Å². The van der Waals surface area contributed by atoms with E-state index in [-0.39, 0.29) is 12.5 Å². The van der Waals surface area contributed by atoms with Gasteiger partial charge in [0.15, 0.2) is 0 Å². The molecule has 0 unspecified atom stereocenters. The summed E-state index contributed by atoms with van der Waals surface area (Å²) in [7, 11) is 0. The molecule has 196 valence electrons. The maximum absolute atomic E-state index is 12.3. The first-order valence-corrected chi connectivity index (χ1v) is 12.0. The summed E-state index contributed by atoms with van der Waals surface area (Å²) in [6.07, 6.45) is 2.02. The Hall–Kier alpha value is -4.24. The van der Waals surface area contributed by atoms with Gasteiger partial charge in [-0.25, -0.2) is 9.48 Å². The third-order valence-corrected chi connectivity index (χ3v) is 6.26. The van der Waals surface area contributed by atoms with Crippen molar-refractivity contribution < 1.29 is 28.2 Å². The number of nitrogens with zero attached hydrogens (tertiary/aromatic N) is 2. The number of hydrogen-bond donors (Lipinski definition) is 2. The molecule has 0 saturated carbocycles. The number of benzene rings is 3. The number of ether oxygens (including phenoxy) is 1. The van der Waals surface area contributed by atoms with E-state index in [1.54, 1.807) is 18.2 Å². The second-order valence-electron chi connectivity index (χ2n) is 8.52. The average Bonchev–Trinajstić information content (AvgIpc) is 3.50. The SMILES string of the molecule is Cc1cc(Cl)ccc1-c1cnn(C(F)F)c1.O=C(O)CNC(=O)OCC1c2ccccc2-c2ccccc21. The van der Waals surface area contributed by atoms with Crippen LogP contribution in [0, 0.1) is 6.92 Å². The number of carbonyl (C=O) groups is 2. The van der Waals surface area contributed by atoms with Crippen LogP contribution in [0.4, 0.5) is 13.6 Å². The summed E-state index contributed by atoms with van der Waals surface area (Å²) in [5.41, 5.74) is 6.99. The number of carboxylic acids is 1. The Morgan fingerprint density at radius 1 is 1.05 bits per heavy atom. The smallest absolute Gasteiger partial charge is 0.407 e.